The number of hydrogen-bond donors (Lipinski definition) is 5. The number of aliphatic hydroxyl groups is 2. The summed E-state index contributed by atoms with van der Waals surface area (Å²) in [5.74, 6) is 0.470. The van der Waals surface area contributed by atoms with Gasteiger partial charge < -0.3 is 30.5 Å². The molecule has 16 heteroatoms. The Bertz CT molecular complexity index is 2580. The number of rotatable bonds is 13. The van der Waals surface area contributed by atoms with Crippen molar-refractivity contribution >= 4 is 60.7 Å². The van der Waals surface area contributed by atoms with Gasteiger partial charge in [-0.25, -0.2) is 0 Å². The Morgan fingerprint density at radius 3 is 1.75 bits per heavy atom. The van der Waals surface area contributed by atoms with Crippen LogP contribution in [0.5, 0.6) is 17.2 Å². The van der Waals surface area contributed by atoms with E-state index in [2.05, 4.69) is 30.7 Å². The minimum Gasteiger partial charge on any atom is -0.505 e. The third-order valence-corrected chi connectivity index (χ3v) is 9.37. The molecular formula is C39H35N7O8S. The van der Waals surface area contributed by atoms with Crippen LogP contribution in [-0.4, -0.2) is 42.5 Å². The van der Waals surface area contributed by atoms with Crippen LogP contribution in [-0.2, 0) is 29.8 Å². The van der Waals surface area contributed by atoms with Crippen LogP contribution < -0.4 is 15.2 Å². The van der Waals surface area contributed by atoms with Crippen molar-refractivity contribution in [1.29, 1.82) is 0 Å². The molecule has 280 valence electrons. The summed E-state index contributed by atoms with van der Waals surface area (Å²) in [7, 11) is -1.58. The van der Waals surface area contributed by atoms with Crippen LogP contribution in [0, 0.1) is 0 Å². The van der Waals surface area contributed by atoms with Crippen LogP contribution >= 0.6 is 0 Å². The minimum atomic E-state index is -4.48. The van der Waals surface area contributed by atoms with E-state index in [1.807, 2.05) is 24.3 Å². The standard InChI is InChI=1S/C39H35N7O8S/c1-53-36-19-32(43-41-28-6-4-3-5-7-28)26(21-47)17-35(36)46-44-33-20-37(54-2)34(18-27(33)22-48)45-42-31-13-10-25-15-23(8-11-29(25)39(31)49)14-24-9-12-30(40)38(16-24)55(50,51)52/h3-13,15-20,47-49H,14,21-22,40H2,1-2H3,(H,50,51,52). The maximum absolute atomic E-state index is 11.7. The molecule has 0 heterocycles. The van der Waals surface area contributed by atoms with Crippen LogP contribution in [0.2, 0.25) is 0 Å². The first-order valence-corrected chi connectivity index (χ1v) is 18.0. The highest BCUT2D eigenvalue weighted by Gasteiger charge is 2.16. The highest BCUT2D eigenvalue weighted by molar-refractivity contribution is 7.86. The van der Waals surface area contributed by atoms with Gasteiger partial charge in [0.2, 0.25) is 0 Å². The predicted octanol–water partition coefficient (Wildman–Crippen LogP) is 9.21. The Morgan fingerprint density at radius 1 is 0.618 bits per heavy atom. The highest BCUT2D eigenvalue weighted by atomic mass is 32.2. The summed E-state index contributed by atoms with van der Waals surface area (Å²) in [6, 6.07) is 28.5. The molecule has 0 aliphatic rings. The van der Waals surface area contributed by atoms with Gasteiger partial charge in [0.05, 0.1) is 50.2 Å². The number of ether oxygens (including phenoxy) is 2. The molecule has 6 N–H and O–H groups in total. The quantitative estimate of drug-likeness (QED) is 0.0428. The van der Waals surface area contributed by atoms with Gasteiger partial charge in [0.15, 0.2) is 5.75 Å². The molecule has 0 saturated heterocycles. The van der Waals surface area contributed by atoms with Crippen LogP contribution in [0.3, 0.4) is 0 Å². The molecule has 6 rings (SSSR count). The first kappa shape index (κ1) is 38.1. The van der Waals surface area contributed by atoms with Crippen molar-refractivity contribution in [3.05, 3.63) is 125 Å². The molecule has 0 bridgehead atoms. The van der Waals surface area contributed by atoms with Crippen molar-refractivity contribution in [2.24, 2.45) is 30.7 Å². The van der Waals surface area contributed by atoms with E-state index >= 15 is 0 Å². The fourth-order valence-corrected chi connectivity index (χ4v) is 6.30. The molecule has 0 unspecified atom stereocenters. The maximum atomic E-state index is 11.7. The molecule has 0 aromatic heterocycles. The van der Waals surface area contributed by atoms with E-state index in [4.69, 9.17) is 15.2 Å². The zero-order chi connectivity index (χ0) is 39.1. The molecule has 0 spiro atoms. The molecule has 15 nitrogen and oxygen atoms in total. The summed E-state index contributed by atoms with van der Waals surface area (Å²) in [5.41, 5.74) is 9.93. The minimum absolute atomic E-state index is 0.0522. The molecule has 55 heavy (non-hydrogen) atoms. The molecule has 0 amide bonds. The number of nitrogen functional groups attached to an aromatic ring is 1. The zero-order valence-corrected chi connectivity index (χ0v) is 30.3. The number of anilines is 1. The number of fused-ring (bicyclic) bond motifs is 1. The molecule has 0 aliphatic carbocycles. The number of aromatic hydroxyl groups is 1. The van der Waals surface area contributed by atoms with Gasteiger partial charge in [0.25, 0.3) is 10.1 Å². The van der Waals surface area contributed by atoms with Crippen LogP contribution in [0.15, 0.2) is 139 Å². The zero-order valence-electron chi connectivity index (χ0n) is 29.5. The van der Waals surface area contributed by atoms with Crippen molar-refractivity contribution in [1.82, 2.24) is 0 Å². The van der Waals surface area contributed by atoms with Gasteiger partial charge >= 0.3 is 0 Å². The summed E-state index contributed by atoms with van der Waals surface area (Å²) in [5, 5.41) is 58.3. The molecular weight excluding hydrogens is 727 g/mol. The molecule has 6 aromatic carbocycles. The largest absolute Gasteiger partial charge is 0.505 e. The molecule has 0 saturated carbocycles. The lowest BCUT2D eigenvalue weighted by Gasteiger charge is -2.10. The summed E-state index contributed by atoms with van der Waals surface area (Å²) >= 11 is 0. The monoisotopic (exact) mass is 761 g/mol. The maximum Gasteiger partial charge on any atom is 0.296 e. The van der Waals surface area contributed by atoms with Crippen LogP contribution in [0.4, 0.5) is 39.8 Å². The number of methoxy groups -OCH3 is 2. The SMILES string of the molecule is COc1cc(N=Nc2ccccc2)c(CO)cc1N=Nc1cc(OC)c(N=Nc2ccc3cc(Cc4ccc(N)c(S(=O)(=O)O)c4)ccc3c2O)cc1CO. The van der Waals surface area contributed by atoms with Gasteiger partial charge in [-0.3, -0.25) is 4.55 Å². The number of aliphatic hydroxyl groups excluding tert-OH is 2. The summed E-state index contributed by atoms with van der Waals surface area (Å²) in [4.78, 5) is -0.358. The number of nitrogens with two attached hydrogens (primary N) is 1. The van der Waals surface area contributed by atoms with Crippen LogP contribution in [0.1, 0.15) is 22.3 Å². The van der Waals surface area contributed by atoms with Crippen LogP contribution in [0.25, 0.3) is 10.8 Å². The number of hydrogen-bond acceptors (Lipinski definition) is 14. The second kappa shape index (κ2) is 16.6. The first-order chi connectivity index (χ1) is 26.5. The Kier molecular flexibility index (Phi) is 11.5. The fourth-order valence-electron chi connectivity index (χ4n) is 5.64. The first-order valence-electron chi connectivity index (χ1n) is 16.6. The van der Waals surface area contributed by atoms with Crippen molar-refractivity contribution in [2.45, 2.75) is 24.5 Å². The van der Waals surface area contributed by atoms with Gasteiger partial charge in [-0.1, -0.05) is 48.5 Å². The number of azo groups is 3. The van der Waals surface area contributed by atoms with E-state index in [0.29, 0.717) is 56.7 Å². The smallest absolute Gasteiger partial charge is 0.296 e. The summed E-state index contributed by atoms with van der Waals surface area (Å²) < 4.78 is 43.9. The van der Waals surface area contributed by atoms with Crippen molar-refractivity contribution in [3.8, 4) is 17.2 Å². The second-order valence-electron chi connectivity index (χ2n) is 12.1. The molecule has 6 aromatic rings. The highest BCUT2D eigenvalue weighted by Crippen LogP contribution is 2.41. The molecule has 0 atom stereocenters. The average Bonchev–Trinajstić information content (AvgIpc) is 3.19. The van der Waals surface area contributed by atoms with E-state index in [1.165, 1.54) is 38.5 Å². The van der Waals surface area contributed by atoms with Gasteiger partial charge in [-0.2, -0.15) is 18.6 Å². The Balaban J connectivity index is 1.24. The number of benzene rings is 6. The topological polar surface area (TPSA) is 234 Å². The lowest BCUT2D eigenvalue weighted by atomic mass is 10.00. The number of phenols is 1. The van der Waals surface area contributed by atoms with Crippen molar-refractivity contribution in [2.75, 3.05) is 20.0 Å². The molecule has 0 aliphatic heterocycles. The van der Waals surface area contributed by atoms with Crippen molar-refractivity contribution < 1.29 is 37.8 Å². The average molecular weight is 762 g/mol. The lowest BCUT2D eigenvalue weighted by Crippen LogP contribution is -2.04. The lowest BCUT2D eigenvalue weighted by molar-refractivity contribution is 0.282. The third kappa shape index (κ3) is 8.80. The third-order valence-electron chi connectivity index (χ3n) is 8.46. The van der Waals surface area contributed by atoms with Gasteiger partial charge in [-0.05, 0) is 65.4 Å². The van der Waals surface area contributed by atoms with E-state index < -0.39 is 16.7 Å². The van der Waals surface area contributed by atoms with Gasteiger partial charge in [0, 0.05) is 28.6 Å². The summed E-state index contributed by atoms with van der Waals surface area (Å²) in [6.07, 6.45) is 0.342. The van der Waals surface area contributed by atoms with Gasteiger partial charge in [0.1, 0.15) is 33.5 Å². The van der Waals surface area contributed by atoms with E-state index in [9.17, 15) is 28.3 Å². The normalized spacial score (nSPS) is 12.0. The van der Waals surface area contributed by atoms with Crippen molar-refractivity contribution in [3.63, 3.8) is 0 Å². The fraction of sp³-hybridized carbons (Fsp3) is 0.128. The number of phenolic OH excluding ortho intramolecular Hbond substituents is 1. The van der Waals surface area contributed by atoms with E-state index in [-0.39, 0.29) is 45.8 Å². The predicted molar refractivity (Wildman–Crippen MR) is 206 cm³/mol. The number of nitrogens with zero attached hydrogens (tertiary/aromatic N) is 6. The summed E-state index contributed by atoms with van der Waals surface area (Å²) in [6.45, 7) is -0.762. The Labute approximate surface area is 315 Å². The second-order valence-corrected chi connectivity index (χ2v) is 13.5. The Morgan fingerprint density at radius 2 is 1.16 bits per heavy atom. The van der Waals surface area contributed by atoms with Gasteiger partial charge in [-0.15, -0.1) is 20.5 Å². The molecule has 0 fully saturated rings. The Hall–Kier alpha value is -6.59. The van der Waals surface area contributed by atoms with E-state index in [0.717, 1.165) is 5.56 Å². The van der Waals surface area contributed by atoms with E-state index in [1.54, 1.807) is 54.6 Å². The molecule has 0 radical (unpaired) electrons.